The van der Waals surface area contributed by atoms with Crippen LogP contribution in [0, 0.1) is 0 Å². The van der Waals surface area contributed by atoms with Crippen LogP contribution in [0.1, 0.15) is 34.1 Å². The van der Waals surface area contributed by atoms with Crippen molar-refractivity contribution in [3.8, 4) is 0 Å². The molecule has 2 rings (SSSR count). The van der Waals surface area contributed by atoms with Gasteiger partial charge in [-0.15, -0.1) is 5.10 Å². The first-order valence-electron chi connectivity index (χ1n) is 6.85. The Hall–Kier alpha value is -2.18. The number of nitrogens with zero attached hydrogens (tertiary/aromatic N) is 3. The summed E-state index contributed by atoms with van der Waals surface area (Å²) in [6.07, 6.45) is 1.63. The minimum Gasteiger partial charge on any atom is -0.461 e. The van der Waals surface area contributed by atoms with Crippen LogP contribution in [-0.4, -0.2) is 47.1 Å². The molecule has 0 atom stereocenters. The van der Waals surface area contributed by atoms with E-state index in [2.05, 4.69) is 10.2 Å². The molecule has 21 heavy (non-hydrogen) atoms. The van der Waals surface area contributed by atoms with E-state index < -0.39 is 17.7 Å². The number of rotatable bonds is 2. The Morgan fingerprint density at radius 1 is 1.33 bits per heavy atom. The van der Waals surface area contributed by atoms with Crippen molar-refractivity contribution in [3.05, 3.63) is 11.8 Å². The average Bonchev–Trinajstić information content (AvgIpc) is 2.79. The van der Waals surface area contributed by atoms with Crippen LogP contribution in [0.2, 0.25) is 0 Å². The van der Waals surface area contributed by atoms with Gasteiger partial charge < -0.3 is 9.47 Å². The Balaban J connectivity index is 2.16. The van der Waals surface area contributed by atoms with Crippen LogP contribution in [-0.2, 0) is 14.3 Å². The van der Waals surface area contributed by atoms with Crippen molar-refractivity contribution in [2.75, 3.05) is 13.2 Å². The molecule has 0 saturated carbocycles. The normalized spacial score (nSPS) is 17.5. The van der Waals surface area contributed by atoms with Crippen LogP contribution < -0.4 is 0 Å². The fourth-order valence-corrected chi connectivity index (χ4v) is 1.94. The van der Waals surface area contributed by atoms with Crippen molar-refractivity contribution in [2.24, 2.45) is 10.2 Å². The lowest BCUT2D eigenvalue weighted by Crippen LogP contribution is -2.38. The molecule has 0 aromatic carbocycles. The monoisotopic (exact) mass is 293 g/mol. The molecule has 0 aromatic rings. The van der Waals surface area contributed by atoms with Gasteiger partial charge in [0.05, 0.1) is 12.3 Å². The Morgan fingerprint density at radius 2 is 2.05 bits per heavy atom. The molecule has 0 N–H and O–H groups in total. The summed E-state index contributed by atoms with van der Waals surface area (Å²) in [5, 5.41) is 7.82. The van der Waals surface area contributed by atoms with Gasteiger partial charge in [0.15, 0.2) is 5.71 Å². The highest BCUT2D eigenvalue weighted by molar-refractivity contribution is 6.51. The lowest BCUT2D eigenvalue weighted by molar-refractivity contribution is -0.134. The summed E-state index contributed by atoms with van der Waals surface area (Å²) in [4.78, 5) is 25.3. The Labute approximate surface area is 123 Å². The van der Waals surface area contributed by atoms with E-state index in [4.69, 9.17) is 9.47 Å². The van der Waals surface area contributed by atoms with Gasteiger partial charge >= 0.3 is 12.1 Å². The summed E-state index contributed by atoms with van der Waals surface area (Å²) in [5.41, 5.74) is 0.793. The summed E-state index contributed by atoms with van der Waals surface area (Å²) in [6, 6.07) is 0. The number of fused-ring (bicyclic) bond motifs is 1. The first-order chi connectivity index (χ1) is 9.81. The van der Waals surface area contributed by atoms with Gasteiger partial charge in [0, 0.05) is 24.7 Å². The summed E-state index contributed by atoms with van der Waals surface area (Å²) < 4.78 is 10.2. The number of carbonyl (C=O) groups is 2. The third kappa shape index (κ3) is 3.48. The second-order valence-corrected chi connectivity index (χ2v) is 5.68. The largest absolute Gasteiger partial charge is 0.461 e. The predicted molar refractivity (Wildman–Crippen MR) is 77.1 cm³/mol. The number of amides is 1. The fourth-order valence-electron chi connectivity index (χ4n) is 1.94. The second-order valence-electron chi connectivity index (χ2n) is 5.68. The van der Waals surface area contributed by atoms with Gasteiger partial charge in [-0.3, -0.25) is 4.90 Å². The smallest absolute Gasteiger partial charge is 0.414 e. The zero-order valence-corrected chi connectivity index (χ0v) is 12.7. The SMILES string of the molecule is CCOC(=O)C1=NN=C2CCN(C(=O)OC(C)(C)C)C=C21. The van der Waals surface area contributed by atoms with E-state index in [1.807, 2.05) is 0 Å². The molecule has 7 heteroatoms. The van der Waals surface area contributed by atoms with Gasteiger partial charge in [0.2, 0.25) is 0 Å². The molecule has 0 aliphatic carbocycles. The molecule has 114 valence electrons. The van der Waals surface area contributed by atoms with Crippen LogP contribution >= 0.6 is 0 Å². The minimum absolute atomic E-state index is 0.139. The van der Waals surface area contributed by atoms with Gasteiger partial charge in [-0.05, 0) is 27.7 Å². The lowest BCUT2D eigenvalue weighted by atomic mass is 10.0. The molecule has 0 saturated heterocycles. The summed E-state index contributed by atoms with van der Waals surface area (Å²) >= 11 is 0. The zero-order valence-electron chi connectivity index (χ0n) is 12.7. The second kappa shape index (κ2) is 5.67. The fraction of sp³-hybridized carbons (Fsp3) is 0.571. The van der Waals surface area contributed by atoms with E-state index in [1.54, 1.807) is 33.9 Å². The quantitative estimate of drug-likeness (QED) is 0.728. The lowest BCUT2D eigenvalue weighted by Gasteiger charge is -2.27. The van der Waals surface area contributed by atoms with Crippen molar-refractivity contribution in [1.29, 1.82) is 0 Å². The van der Waals surface area contributed by atoms with Gasteiger partial charge in [0.25, 0.3) is 0 Å². The van der Waals surface area contributed by atoms with Crippen LogP contribution in [0.3, 0.4) is 0 Å². The van der Waals surface area contributed by atoms with Crippen LogP contribution in [0.5, 0.6) is 0 Å². The van der Waals surface area contributed by atoms with Crippen LogP contribution in [0.4, 0.5) is 4.79 Å². The van der Waals surface area contributed by atoms with Crippen molar-refractivity contribution >= 4 is 23.5 Å². The Bertz CT molecular complexity index is 555. The number of carbonyl (C=O) groups excluding carboxylic acids is 2. The van der Waals surface area contributed by atoms with Crippen molar-refractivity contribution in [3.63, 3.8) is 0 Å². The molecular formula is C14H19N3O4. The molecule has 7 nitrogen and oxygen atoms in total. The van der Waals surface area contributed by atoms with E-state index in [0.717, 1.165) is 0 Å². The van der Waals surface area contributed by atoms with Crippen molar-refractivity contribution in [2.45, 2.75) is 39.7 Å². The number of hydrogen-bond acceptors (Lipinski definition) is 6. The summed E-state index contributed by atoms with van der Waals surface area (Å²) in [7, 11) is 0. The van der Waals surface area contributed by atoms with Gasteiger partial charge in [-0.2, -0.15) is 5.10 Å². The molecule has 2 aliphatic heterocycles. The van der Waals surface area contributed by atoms with Crippen LogP contribution in [0.15, 0.2) is 22.0 Å². The van der Waals surface area contributed by atoms with Crippen molar-refractivity contribution in [1.82, 2.24) is 4.90 Å². The van der Waals surface area contributed by atoms with Crippen molar-refractivity contribution < 1.29 is 19.1 Å². The summed E-state index contributed by atoms with van der Waals surface area (Å²) in [5.74, 6) is -0.534. The molecule has 0 radical (unpaired) electrons. The first-order valence-corrected chi connectivity index (χ1v) is 6.85. The van der Waals surface area contributed by atoms with E-state index in [-0.39, 0.29) is 12.3 Å². The van der Waals surface area contributed by atoms with E-state index in [9.17, 15) is 9.59 Å². The highest BCUT2D eigenvalue weighted by atomic mass is 16.6. The average molecular weight is 293 g/mol. The molecule has 1 amide bonds. The maximum atomic E-state index is 12.1. The number of esters is 1. The molecule has 0 aromatic heterocycles. The maximum Gasteiger partial charge on any atom is 0.414 e. The molecule has 0 fully saturated rings. The van der Waals surface area contributed by atoms with E-state index in [0.29, 0.717) is 24.3 Å². The molecule has 0 unspecified atom stereocenters. The molecule has 0 bridgehead atoms. The minimum atomic E-state index is -0.572. The Morgan fingerprint density at radius 3 is 2.67 bits per heavy atom. The van der Waals surface area contributed by atoms with Gasteiger partial charge in [-0.25, -0.2) is 9.59 Å². The zero-order chi connectivity index (χ0) is 15.6. The third-order valence-electron chi connectivity index (χ3n) is 2.81. The Kier molecular flexibility index (Phi) is 4.11. The van der Waals surface area contributed by atoms with E-state index >= 15 is 0 Å². The highest BCUT2D eigenvalue weighted by Gasteiger charge is 2.33. The first kappa shape index (κ1) is 15.2. The maximum absolute atomic E-state index is 12.1. The molecule has 2 heterocycles. The third-order valence-corrected chi connectivity index (χ3v) is 2.81. The predicted octanol–water partition coefficient (Wildman–Crippen LogP) is 1.88. The standard InChI is InChI=1S/C14H19N3O4/c1-5-20-12(18)11-9-8-17(7-6-10(9)15-16-11)13(19)21-14(2,3)4/h8H,5-7H2,1-4H3. The summed E-state index contributed by atoms with van der Waals surface area (Å²) in [6.45, 7) is 7.83. The number of hydrogen-bond donors (Lipinski definition) is 0. The van der Waals surface area contributed by atoms with Crippen LogP contribution in [0.25, 0.3) is 0 Å². The van der Waals surface area contributed by atoms with E-state index in [1.165, 1.54) is 4.90 Å². The molecular weight excluding hydrogens is 274 g/mol. The molecule has 0 spiro atoms. The topological polar surface area (TPSA) is 80.6 Å². The highest BCUT2D eigenvalue weighted by Crippen LogP contribution is 2.22. The van der Waals surface area contributed by atoms with Gasteiger partial charge in [0.1, 0.15) is 5.60 Å². The molecule has 2 aliphatic rings. The number of ether oxygens (including phenoxy) is 2. The van der Waals surface area contributed by atoms with Gasteiger partial charge in [-0.1, -0.05) is 0 Å².